The van der Waals surface area contributed by atoms with E-state index in [0.717, 1.165) is 18.4 Å². The number of rotatable bonds is 3. The maximum Gasteiger partial charge on any atom is 0.317 e. The Hall–Kier alpha value is -2.41. The minimum atomic E-state index is -0.0624. The normalized spacial score (nSPS) is 21.7. The Morgan fingerprint density at radius 3 is 2.70 bits per heavy atom. The summed E-state index contributed by atoms with van der Waals surface area (Å²) < 4.78 is 11.3. The lowest BCUT2D eigenvalue weighted by molar-refractivity contribution is 0.00940. The summed E-state index contributed by atoms with van der Waals surface area (Å²) in [4.78, 5) is 19.2. The molecule has 1 aromatic carbocycles. The van der Waals surface area contributed by atoms with Gasteiger partial charge >= 0.3 is 6.03 Å². The summed E-state index contributed by atoms with van der Waals surface area (Å²) in [7, 11) is 0. The zero-order valence-electron chi connectivity index (χ0n) is 15.9. The molecule has 2 fully saturated rings. The lowest BCUT2D eigenvalue weighted by atomic mass is 9.72. The van der Waals surface area contributed by atoms with Crippen molar-refractivity contribution >= 4 is 6.03 Å². The summed E-state index contributed by atoms with van der Waals surface area (Å²) in [5.74, 6) is 1.25. The molecule has 1 unspecified atom stereocenters. The number of nitrogens with one attached hydrogen (secondary N) is 1. The van der Waals surface area contributed by atoms with Gasteiger partial charge in [-0.15, -0.1) is 0 Å². The summed E-state index contributed by atoms with van der Waals surface area (Å²) in [5.41, 5.74) is 0.869. The maximum atomic E-state index is 12.6. The predicted octanol–water partition coefficient (Wildman–Crippen LogP) is 3.05. The minimum absolute atomic E-state index is 0.0267. The first-order valence-electron chi connectivity index (χ1n) is 9.60. The van der Waals surface area contributed by atoms with Crippen molar-refractivity contribution in [2.45, 2.75) is 38.6 Å². The molecule has 0 aliphatic carbocycles. The molecular weight excluding hydrogens is 344 g/mol. The van der Waals surface area contributed by atoms with Crippen LogP contribution in [0.5, 0.6) is 0 Å². The van der Waals surface area contributed by atoms with Crippen molar-refractivity contribution in [1.29, 1.82) is 0 Å². The summed E-state index contributed by atoms with van der Waals surface area (Å²) in [5, 5.41) is 7.19. The Morgan fingerprint density at radius 1 is 1.26 bits per heavy atom. The first-order chi connectivity index (χ1) is 13.1. The molecule has 2 aliphatic rings. The van der Waals surface area contributed by atoms with Crippen LogP contribution in [0.4, 0.5) is 4.79 Å². The fraction of sp³-hybridized carbons (Fsp3) is 0.550. The van der Waals surface area contributed by atoms with E-state index in [9.17, 15) is 4.79 Å². The number of carbonyl (C=O) groups is 1. The van der Waals surface area contributed by atoms with Crippen LogP contribution in [0.1, 0.15) is 38.5 Å². The Balaban J connectivity index is 1.61. The molecule has 1 spiro atoms. The van der Waals surface area contributed by atoms with E-state index in [4.69, 9.17) is 9.26 Å². The maximum absolute atomic E-state index is 12.6. The smallest absolute Gasteiger partial charge is 0.317 e. The molecule has 144 valence electrons. The third kappa shape index (κ3) is 3.56. The number of urea groups is 1. The minimum Gasteiger partial charge on any atom is -0.381 e. The van der Waals surface area contributed by atoms with Gasteiger partial charge in [-0.3, -0.25) is 0 Å². The summed E-state index contributed by atoms with van der Waals surface area (Å²) >= 11 is 0. The van der Waals surface area contributed by atoms with Crippen LogP contribution in [-0.2, 0) is 4.74 Å². The van der Waals surface area contributed by atoms with Crippen molar-refractivity contribution in [3.05, 3.63) is 36.2 Å². The molecule has 2 saturated heterocycles. The number of nitrogens with zero attached hydrogens (tertiary/aromatic N) is 3. The number of hydrogen-bond acceptors (Lipinski definition) is 5. The molecule has 1 N–H and O–H groups in total. The molecule has 2 aromatic rings. The molecule has 0 saturated carbocycles. The van der Waals surface area contributed by atoms with E-state index in [-0.39, 0.29) is 23.4 Å². The summed E-state index contributed by atoms with van der Waals surface area (Å²) in [6.45, 7) is 6.64. The van der Waals surface area contributed by atoms with E-state index >= 15 is 0 Å². The van der Waals surface area contributed by atoms with Crippen molar-refractivity contribution in [2.24, 2.45) is 5.41 Å². The van der Waals surface area contributed by atoms with Crippen LogP contribution in [0.3, 0.4) is 0 Å². The number of ether oxygens (including phenoxy) is 1. The van der Waals surface area contributed by atoms with Gasteiger partial charge in [-0.05, 0) is 26.7 Å². The molecule has 3 heterocycles. The zero-order chi connectivity index (χ0) is 18.9. The predicted molar refractivity (Wildman–Crippen MR) is 100 cm³/mol. The Morgan fingerprint density at radius 2 is 2.00 bits per heavy atom. The van der Waals surface area contributed by atoms with Crippen molar-refractivity contribution in [3.8, 4) is 11.4 Å². The third-order valence-corrected chi connectivity index (χ3v) is 5.61. The average Bonchev–Trinajstić information content (AvgIpc) is 3.28. The number of hydrogen-bond donors (Lipinski definition) is 1. The number of aromatic nitrogens is 2. The molecular formula is C20H26N4O3. The first-order valence-corrected chi connectivity index (χ1v) is 9.60. The number of carbonyl (C=O) groups excluding carboxylic acids is 1. The van der Waals surface area contributed by atoms with E-state index in [1.165, 1.54) is 0 Å². The Labute approximate surface area is 159 Å². The standard InChI is InChI=1S/C20H26N4O3/c1-14(2)21-19(25)24-12-16(20(13-24)8-10-26-11-9-20)18-22-17(23-27-18)15-6-4-3-5-7-15/h3-7,14,16H,8-13H2,1-2H3,(H,21,25). The zero-order valence-corrected chi connectivity index (χ0v) is 15.9. The van der Waals surface area contributed by atoms with Gasteiger partial charge < -0.3 is 19.5 Å². The van der Waals surface area contributed by atoms with Crippen LogP contribution in [0.25, 0.3) is 11.4 Å². The fourth-order valence-corrected chi connectivity index (χ4v) is 4.17. The highest BCUT2D eigenvalue weighted by Gasteiger charge is 2.51. The molecule has 2 amide bonds. The van der Waals surface area contributed by atoms with Gasteiger partial charge in [-0.2, -0.15) is 4.98 Å². The van der Waals surface area contributed by atoms with Crippen molar-refractivity contribution in [3.63, 3.8) is 0 Å². The van der Waals surface area contributed by atoms with Crippen LogP contribution < -0.4 is 5.32 Å². The van der Waals surface area contributed by atoms with Gasteiger partial charge in [0.25, 0.3) is 0 Å². The van der Waals surface area contributed by atoms with Gasteiger partial charge in [0, 0.05) is 43.3 Å². The summed E-state index contributed by atoms with van der Waals surface area (Å²) in [6, 6.07) is 9.89. The van der Waals surface area contributed by atoms with Crippen LogP contribution in [0.2, 0.25) is 0 Å². The third-order valence-electron chi connectivity index (χ3n) is 5.61. The van der Waals surface area contributed by atoms with Gasteiger partial charge in [0.2, 0.25) is 11.7 Å². The molecule has 1 aromatic heterocycles. The molecule has 2 aliphatic heterocycles. The average molecular weight is 370 g/mol. The summed E-state index contributed by atoms with van der Waals surface area (Å²) in [6.07, 6.45) is 1.79. The molecule has 4 rings (SSSR count). The van der Waals surface area contributed by atoms with E-state index in [1.54, 1.807) is 0 Å². The molecule has 7 nitrogen and oxygen atoms in total. The van der Waals surface area contributed by atoms with Gasteiger partial charge in [-0.1, -0.05) is 35.5 Å². The molecule has 0 bridgehead atoms. The van der Waals surface area contributed by atoms with Gasteiger partial charge in [-0.25, -0.2) is 4.79 Å². The second-order valence-electron chi connectivity index (χ2n) is 7.83. The molecule has 1 atom stereocenters. The van der Waals surface area contributed by atoms with Gasteiger partial charge in [0.1, 0.15) is 0 Å². The van der Waals surface area contributed by atoms with Crippen LogP contribution >= 0.6 is 0 Å². The highest BCUT2D eigenvalue weighted by molar-refractivity contribution is 5.75. The van der Waals surface area contributed by atoms with E-state index in [1.807, 2.05) is 49.1 Å². The number of likely N-dealkylation sites (tertiary alicyclic amines) is 1. The largest absolute Gasteiger partial charge is 0.381 e. The second-order valence-corrected chi connectivity index (χ2v) is 7.83. The molecule has 27 heavy (non-hydrogen) atoms. The highest BCUT2D eigenvalue weighted by Crippen LogP contribution is 2.49. The van der Waals surface area contributed by atoms with Crippen molar-refractivity contribution < 1.29 is 14.1 Å². The van der Waals surface area contributed by atoms with Gasteiger partial charge in [0.15, 0.2) is 0 Å². The van der Waals surface area contributed by atoms with E-state index in [0.29, 0.717) is 38.0 Å². The van der Waals surface area contributed by atoms with Crippen molar-refractivity contribution in [1.82, 2.24) is 20.4 Å². The second kappa shape index (κ2) is 7.31. The molecule has 7 heteroatoms. The monoisotopic (exact) mass is 370 g/mol. The number of benzene rings is 1. The van der Waals surface area contributed by atoms with E-state index < -0.39 is 0 Å². The first kappa shape index (κ1) is 18.0. The quantitative estimate of drug-likeness (QED) is 0.898. The van der Waals surface area contributed by atoms with Gasteiger partial charge in [0.05, 0.1) is 5.92 Å². The fourth-order valence-electron chi connectivity index (χ4n) is 4.17. The molecule has 0 radical (unpaired) electrons. The van der Waals surface area contributed by atoms with Crippen molar-refractivity contribution in [2.75, 3.05) is 26.3 Å². The number of amides is 2. The Bertz CT molecular complexity index is 784. The Kier molecular flexibility index (Phi) is 4.86. The topological polar surface area (TPSA) is 80.5 Å². The highest BCUT2D eigenvalue weighted by atomic mass is 16.5. The SMILES string of the molecule is CC(C)NC(=O)N1CC(c2nc(-c3ccccc3)no2)C2(CCOCC2)C1. The van der Waals surface area contributed by atoms with Crippen LogP contribution in [-0.4, -0.2) is 53.4 Å². The lowest BCUT2D eigenvalue weighted by Crippen LogP contribution is -2.43. The van der Waals surface area contributed by atoms with Crippen LogP contribution in [0.15, 0.2) is 34.9 Å². The van der Waals surface area contributed by atoms with E-state index in [2.05, 4.69) is 15.5 Å². The lowest BCUT2D eigenvalue weighted by Gasteiger charge is -2.36. The van der Waals surface area contributed by atoms with Crippen LogP contribution in [0, 0.1) is 5.41 Å².